The normalized spacial score (nSPS) is 25.3. The summed E-state index contributed by atoms with van der Waals surface area (Å²) in [5.41, 5.74) is 5.63. The third kappa shape index (κ3) is 3.89. The molecule has 2 fully saturated rings. The van der Waals surface area contributed by atoms with Crippen molar-refractivity contribution in [1.82, 2.24) is 14.8 Å². The SMILES string of the molecule is CN1CCC[C@H]1COc1cc(N)c(F)nc1OC[C@@H]1CCCN1C. The number of rotatable bonds is 6. The lowest BCUT2D eigenvalue weighted by Crippen LogP contribution is -2.31. The van der Waals surface area contributed by atoms with E-state index < -0.39 is 5.95 Å². The molecule has 134 valence electrons. The van der Waals surface area contributed by atoms with E-state index in [2.05, 4.69) is 28.9 Å². The Morgan fingerprint density at radius 1 is 1.12 bits per heavy atom. The Labute approximate surface area is 142 Å². The Kier molecular flexibility index (Phi) is 5.40. The Hall–Kier alpha value is -1.60. The maximum atomic E-state index is 13.7. The molecule has 24 heavy (non-hydrogen) atoms. The van der Waals surface area contributed by atoms with Crippen LogP contribution in [0.25, 0.3) is 0 Å². The summed E-state index contributed by atoms with van der Waals surface area (Å²) in [6.07, 6.45) is 4.51. The average molecular weight is 338 g/mol. The van der Waals surface area contributed by atoms with Crippen molar-refractivity contribution in [1.29, 1.82) is 0 Å². The summed E-state index contributed by atoms with van der Waals surface area (Å²) in [5, 5.41) is 0. The smallest absolute Gasteiger partial charge is 0.259 e. The van der Waals surface area contributed by atoms with E-state index in [9.17, 15) is 4.39 Å². The van der Waals surface area contributed by atoms with E-state index in [0.29, 0.717) is 31.0 Å². The second-order valence-electron chi connectivity index (χ2n) is 6.85. The van der Waals surface area contributed by atoms with Gasteiger partial charge in [-0.15, -0.1) is 0 Å². The topological polar surface area (TPSA) is 63.9 Å². The molecule has 0 aromatic carbocycles. The zero-order chi connectivity index (χ0) is 17.1. The Morgan fingerprint density at radius 3 is 2.25 bits per heavy atom. The predicted octanol–water partition coefficient (Wildman–Crippen LogP) is 1.75. The molecule has 1 aromatic rings. The van der Waals surface area contributed by atoms with Gasteiger partial charge in [0.15, 0.2) is 5.75 Å². The van der Waals surface area contributed by atoms with Crippen molar-refractivity contribution in [2.24, 2.45) is 0 Å². The van der Waals surface area contributed by atoms with Gasteiger partial charge in [-0.3, -0.25) is 0 Å². The van der Waals surface area contributed by atoms with Crippen LogP contribution in [0.2, 0.25) is 0 Å². The lowest BCUT2D eigenvalue weighted by Gasteiger charge is -2.22. The molecule has 2 atom stereocenters. The lowest BCUT2D eigenvalue weighted by atomic mass is 10.2. The molecule has 0 saturated carbocycles. The fourth-order valence-corrected chi connectivity index (χ4v) is 3.42. The highest BCUT2D eigenvalue weighted by molar-refractivity contribution is 5.47. The third-order valence-electron chi connectivity index (χ3n) is 5.12. The molecule has 0 spiro atoms. The number of hydrogen-bond donors (Lipinski definition) is 1. The highest BCUT2D eigenvalue weighted by atomic mass is 19.1. The summed E-state index contributed by atoms with van der Waals surface area (Å²) in [4.78, 5) is 8.38. The van der Waals surface area contributed by atoms with Crippen molar-refractivity contribution in [3.8, 4) is 11.6 Å². The van der Waals surface area contributed by atoms with Crippen LogP contribution in [0.1, 0.15) is 25.7 Å². The molecule has 2 aliphatic heterocycles. The maximum Gasteiger partial charge on any atom is 0.259 e. The number of likely N-dealkylation sites (N-methyl/N-ethyl adjacent to an activating group) is 2. The summed E-state index contributed by atoms with van der Waals surface area (Å²) in [7, 11) is 4.16. The van der Waals surface area contributed by atoms with Gasteiger partial charge in [-0.05, 0) is 52.9 Å². The van der Waals surface area contributed by atoms with Gasteiger partial charge in [-0.25, -0.2) is 0 Å². The standard InChI is InChI=1S/C17H27FN4O2/c1-21-7-3-5-12(21)10-23-15-9-14(19)16(18)20-17(15)24-11-13-6-4-8-22(13)2/h9,12-13H,3-8,10-11,19H2,1-2H3/t12-,13-/m0/s1. The minimum absolute atomic E-state index is 0.0184. The maximum absolute atomic E-state index is 13.7. The molecule has 0 aliphatic carbocycles. The first-order valence-electron chi connectivity index (χ1n) is 8.66. The summed E-state index contributed by atoms with van der Waals surface area (Å²) in [6.45, 7) is 3.15. The second-order valence-corrected chi connectivity index (χ2v) is 6.85. The number of ether oxygens (including phenoxy) is 2. The first-order valence-corrected chi connectivity index (χ1v) is 8.66. The first kappa shape index (κ1) is 17.2. The predicted molar refractivity (Wildman–Crippen MR) is 90.9 cm³/mol. The van der Waals surface area contributed by atoms with Gasteiger partial charge >= 0.3 is 0 Å². The van der Waals surface area contributed by atoms with Crippen LogP contribution in [-0.4, -0.2) is 67.3 Å². The minimum atomic E-state index is -0.713. The van der Waals surface area contributed by atoms with Crippen LogP contribution in [0.4, 0.5) is 10.1 Å². The van der Waals surface area contributed by atoms with E-state index in [1.165, 1.54) is 12.5 Å². The van der Waals surface area contributed by atoms with Crippen LogP contribution in [0.3, 0.4) is 0 Å². The van der Waals surface area contributed by atoms with Gasteiger partial charge in [0.05, 0.1) is 5.69 Å². The number of pyridine rings is 1. The molecule has 0 bridgehead atoms. The molecule has 3 heterocycles. The zero-order valence-electron chi connectivity index (χ0n) is 14.5. The zero-order valence-corrected chi connectivity index (χ0v) is 14.5. The number of likely N-dealkylation sites (tertiary alicyclic amines) is 2. The summed E-state index contributed by atoms with van der Waals surface area (Å²) in [6, 6.07) is 2.18. The number of nitrogens with zero attached hydrogens (tertiary/aromatic N) is 3. The van der Waals surface area contributed by atoms with Gasteiger partial charge in [-0.2, -0.15) is 9.37 Å². The fraction of sp³-hybridized carbons (Fsp3) is 0.706. The highest BCUT2D eigenvalue weighted by Gasteiger charge is 2.24. The van der Waals surface area contributed by atoms with Crippen molar-refractivity contribution in [2.75, 3.05) is 46.1 Å². The molecule has 0 radical (unpaired) electrons. The van der Waals surface area contributed by atoms with E-state index in [1.54, 1.807) is 0 Å². The third-order valence-corrected chi connectivity index (χ3v) is 5.12. The number of nitrogens with two attached hydrogens (primary N) is 1. The van der Waals surface area contributed by atoms with Crippen LogP contribution >= 0.6 is 0 Å². The summed E-state index contributed by atoms with van der Waals surface area (Å²) in [5.74, 6) is -0.0902. The minimum Gasteiger partial charge on any atom is -0.486 e. The number of anilines is 1. The number of halogens is 1. The van der Waals surface area contributed by atoms with Crippen LogP contribution in [0.5, 0.6) is 11.6 Å². The van der Waals surface area contributed by atoms with Gasteiger partial charge in [0.1, 0.15) is 13.2 Å². The van der Waals surface area contributed by atoms with Gasteiger partial charge in [-0.1, -0.05) is 0 Å². The largest absolute Gasteiger partial charge is 0.486 e. The van der Waals surface area contributed by atoms with Crippen LogP contribution in [-0.2, 0) is 0 Å². The van der Waals surface area contributed by atoms with Gasteiger partial charge < -0.3 is 25.0 Å². The van der Waals surface area contributed by atoms with Gasteiger partial charge in [0.2, 0.25) is 5.95 Å². The molecule has 6 nitrogen and oxygen atoms in total. The molecule has 2 aliphatic rings. The number of hydrogen-bond acceptors (Lipinski definition) is 6. The molecular weight excluding hydrogens is 311 g/mol. The second kappa shape index (κ2) is 7.53. The van der Waals surface area contributed by atoms with Crippen molar-refractivity contribution in [3.63, 3.8) is 0 Å². The van der Waals surface area contributed by atoms with Crippen molar-refractivity contribution < 1.29 is 13.9 Å². The van der Waals surface area contributed by atoms with Crippen molar-refractivity contribution in [3.05, 3.63) is 12.0 Å². The monoisotopic (exact) mass is 338 g/mol. The fourth-order valence-electron chi connectivity index (χ4n) is 3.42. The van der Waals surface area contributed by atoms with E-state index >= 15 is 0 Å². The van der Waals surface area contributed by atoms with Crippen LogP contribution in [0, 0.1) is 5.95 Å². The van der Waals surface area contributed by atoms with E-state index in [4.69, 9.17) is 15.2 Å². The van der Waals surface area contributed by atoms with Crippen LogP contribution < -0.4 is 15.2 Å². The Balaban J connectivity index is 1.66. The molecule has 1 aromatic heterocycles. The van der Waals surface area contributed by atoms with E-state index in [0.717, 1.165) is 32.4 Å². The first-order chi connectivity index (χ1) is 11.5. The molecular formula is C17H27FN4O2. The Bertz CT molecular complexity index is 523. The quantitative estimate of drug-likeness (QED) is 0.797. The molecule has 2 saturated heterocycles. The number of aromatic nitrogens is 1. The summed E-state index contributed by atoms with van der Waals surface area (Å²) >= 11 is 0. The molecule has 3 rings (SSSR count). The molecule has 7 heteroatoms. The molecule has 2 N–H and O–H groups in total. The van der Waals surface area contributed by atoms with E-state index in [-0.39, 0.29) is 11.6 Å². The lowest BCUT2D eigenvalue weighted by molar-refractivity contribution is 0.168. The molecule has 0 amide bonds. The van der Waals surface area contributed by atoms with Gasteiger partial charge in [0.25, 0.3) is 5.88 Å². The van der Waals surface area contributed by atoms with Crippen molar-refractivity contribution >= 4 is 5.69 Å². The van der Waals surface area contributed by atoms with Crippen LogP contribution in [0.15, 0.2) is 6.07 Å². The average Bonchev–Trinajstić information content (AvgIpc) is 3.15. The number of nitrogen functional groups attached to an aromatic ring is 1. The van der Waals surface area contributed by atoms with E-state index in [1.807, 2.05) is 0 Å². The van der Waals surface area contributed by atoms with Crippen molar-refractivity contribution in [2.45, 2.75) is 37.8 Å². The van der Waals surface area contributed by atoms with Gasteiger partial charge in [0, 0.05) is 18.2 Å². The highest BCUT2D eigenvalue weighted by Crippen LogP contribution is 2.30. The Morgan fingerprint density at radius 2 is 1.71 bits per heavy atom. The summed E-state index contributed by atoms with van der Waals surface area (Å²) < 4.78 is 25.4. The molecule has 0 unspecified atom stereocenters.